The molecule has 0 radical (unpaired) electrons. The van der Waals surface area contributed by atoms with Gasteiger partial charge in [0.15, 0.2) is 0 Å². The Morgan fingerprint density at radius 2 is 1.95 bits per heavy atom. The maximum Gasteiger partial charge on any atom is 0.238 e. The van der Waals surface area contributed by atoms with Gasteiger partial charge in [0, 0.05) is 21.8 Å². The first kappa shape index (κ1) is 16.8. The molecular formula is C17H18Cl2N2O. The highest BCUT2D eigenvalue weighted by Gasteiger charge is 2.11. The Balaban J connectivity index is 1.90. The number of carbonyl (C=O) groups is 1. The van der Waals surface area contributed by atoms with Crippen LogP contribution in [0.4, 0.5) is 5.69 Å². The molecule has 116 valence electrons. The van der Waals surface area contributed by atoms with Crippen molar-refractivity contribution in [2.45, 2.75) is 19.9 Å². The topological polar surface area (TPSA) is 41.1 Å². The van der Waals surface area contributed by atoms with E-state index >= 15 is 0 Å². The van der Waals surface area contributed by atoms with Gasteiger partial charge in [-0.15, -0.1) is 0 Å². The molecule has 2 aromatic rings. The van der Waals surface area contributed by atoms with E-state index in [0.717, 1.165) is 16.8 Å². The van der Waals surface area contributed by atoms with Crippen LogP contribution in [0.25, 0.3) is 0 Å². The van der Waals surface area contributed by atoms with Crippen LogP contribution in [-0.4, -0.2) is 12.5 Å². The molecule has 0 saturated carbocycles. The summed E-state index contributed by atoms with van der Waals surface area (Å²) in [5.74, 6) is -0.0949. The average molecular weight is 337 g/mol. The van der Waals surface area contributed by atoms with Crippen LogP contribution >= 0.6 is 23.2 Å². The minimum absolute atomic E-state index is 0.0481. The van der Waals surface area contributed by atoms with Crippen molar-refractivity contribution in [3.63, 3.8) is 0 Å². The molecule has 0 aliphatic heterocycles. The fourth-order valence-electron chi connectivity index (χ4n) is 2.14. The van der Waals surface area contributed by atoms with E-state index in [1.165, 1.54) is 0 Å². The standard InChI is InChI=1S/C17H18Cl2N2O/c1-11-4-3-5-14(8-11)21-17(22)10-20-12(2)15-7-6-13(18)9-16(15)19/h3-9,12,20H,10H2,1-2H3,(H,21,22)/t12-/m1/s1. The molecule has 0 aliphatic carbocycles. The molecular weight excluding hydrogens is 319 g/mol. The number of halogens is 2. The van der Waals surface area contributed by atoms with Crippen LogP contribution in [0.1, 0.15) is 24.1 Å². The molecule has 0 bridgehead atoms. The van der Waals surface area contributed by atoms with Crippen LogP contribution in [0, 0.1) is 6.92 Å². The van der Waals surface area contributed by atoms with E-state index < -0.39 is 0 Å². The molecule has 0 aromatic heterocycles. The molecule has 0 fully saturated rings. The summed E-state index contributed by atoms with van der Waals surface area (Å²) in [4.78, 5) is 12.0. The number of nitrogens with one attached hydrogen (secondary N) is 2. The van der Waals surface area contributed by atoms with E-state index in [2.05, 4.69) is 10.6 Å². The van der Waals surface area contributed by atoms with Crippen LogP contribution in [-0.2, 0) is 4.79 Å². The van der Waals surface area contributed by atoms with Crippen LogP contribution in [0.3, 0.4) is 0 Å². The summed E-state index contributed by atoms with van der Waals surface area (Å²) in [6.45, 7) is 4.14. The molecule has 0 heterocycles. The monoisotopic (exact) mass is 336 g/mol. The summed E-state index contributed by atoms with van der Waals surface area (Å²) in [5, 5.41) is 7.20. The van der Waals surface area contributed by atoms with Gasteiger partial charge in [0.1, 0.15) is 0 Å². The quantitative estimate of drug-likeness (QED) is 0.838. The molecule has 22 heavy (non-hydrogen) atoms. The van der Waals surface area contributed by atoms with Gasteiger partial charge < -0.3 is 10.6 Å². The third-order valence-corrected chi connectivity index (χ3v) is 3.86. The molecule has 5 heteroatoms. The van der Waals surface area contributed by atoms with Gasteiger partial charge in [-0.25, -0.2) is 0 Å². The zero-order valence-electron chi connectivity index (χ0n) is 12.5. The normalized spacial score (nSPS) is 12.0. The van der Waals surface area contributed by atoms with Crippen molar-refractivity contribution in [2.24, 2.45) is 0 Å². The Morgan fingerprint density at radius 3 is 2.64 bits per heavy atom. The highest BCUT2D eigenvalue weighted by molar-refractivity contribution is 6.35. The number of anilines is 1. The van der Waals surface area contributed by atoms with Gasteiger partial charge in [-0.3, -0.25) is 4.79 Å². The van der Waals surface area contributed by atoms with Gasteiger partial charge in [0.05, 0.1) is 6.54 Å². The molecule has 0 saturated heterocycles. The summed E-state index contributed by atoms with van der Waals surface area (Å²) in [7, 11) is 0. The largest absolute Gasteiger partial charge is 0.325 e. The van der Waals surface area contributed by atoms with Crippen LogP contribution in [0.5, 0.6) is 0 Å². The summed E-state index contributed by atoms with van der Waals surface area (Å²) in [6, 6.07) is 13.0. The fourth-order valence-corrected chi connectivity index (χ4v) is 2.71. The highest BCUT2D eigenvalue weighted by Crippen LogP contribution is 2.25. The number of carbonyl (C=O) groups excluding carboxylic acids is 1. The van der Waals surface area contributed by atoms with Crippen molar-refractivity contribution in [1.82, 2.24) is 5.32 Å². The lowest BCUT2D eigenvalue weighted by Gasteiger charge is -2.16. The van der Waals surface area contributed by atoms with Crippen molar-refractivity contribution >= 4 is 34.8 Å². The van der Waals surface area contributed by atoms with Crippen molar-refractivity contribution in [3.8, 4) is 0 Å². The van der Waals surface area contributed by atoms with Gasteiger partial charge in [-0.1, -0.05) is 41.4 Å². The fraction of sp³-hybridized carbons (Fsp3) is 0.235. The summed E-state index contributed by atoms with van der Waals surface area (Å²) in [5.41, 5.74) is 2.81. The van der Waals surface area contributed by atoms with Gasteiger partial charge >= 0.3 is 0 Å². The molecule has 2 aromatic carbocycles. The van der Waals surface area contributed by atoms with E-state index in [-0.39, 0.29) is 18.5 Å². The number of hydrogen-bond acceptors (Lipinski definition) is 2. The summed E-state index contributed by atoms with van der Waals surface area (Å²) in [6.07, 6.45) is 0. The zero-order chi connectivity index (χ0) is 16.1. The minimum atomic E-state index is -0.0949. The Labute approximate surface area is 140 Å². The first-order valence-electron chi connectivity index (χ1n) is 7.00. The first-order chi connectivity index (χ1) is 10.5. The lowest BCUT2D eigenvalue weighted by Crippen LogP contribution is -2.30. The number of amides is 1. The molecule has 0 unspecified atom stereocenters. The van der Waals surface area contributed by atoms with Crippen molar-refractivity contribution in [2.75, 3.05) is 11.9 Å². The van der Waals surface area contributed by atoms with Gasteiger partial charge in [-0.2, -0.15) is 0 Å². The minimum Gasteiger partial charge on any atom is -0.325 e. The van der Waals surface area contributed by atoms with Gasteiger partial charge in [0.25, 0.3) is 0 Å². The second-order valence-corrected chi connectivity index (χ2v) is 6.03. The van der Waals surface area contributed by atoms with E-state index in [0.29, 0.717) is 10.0 Å². The highest BCUT2D eigenvalue weighted by atomic mass is 35.5. The molecule has 0 aliphatic rings. The summed E-state index contributed by atoms with van der Waals surface area (Å²) < 4.78 is 0. The Hall–Kier alpha value is -1.55. The van der Waals surface area contributed by atoms with Crippen LogP contribution in [0.15, 0.2) is 42.5 Å². The van der Waals surface area contributed by atoms with Crippen molar-refractivity contribution in [3.05, 3.63) is 63.6 Å². The molecule has 2 rings (SSSR count). The smallest absolute Gasteiger partial charge is 0.238 e. The third kappa shape index (κ3) is 4.73. The van der Waals surface area contributed by atoms with E-state index in [1.54, 1.807) is 12.1 Å². The Kier molecular flexibility index (Phi) is 5.83. The van der Waals surface area contributed by atoms with Gasteiger partial charge in [0.2, 0.25) is 5.91 Å². The maximum absolute atomic E-state index is 12.0. The second kappa shape index (κ2) is 7.63. The Morgan fingerprint density at radius 1 is 1.18 bits per heavy atom. The molecule has 1 amide bonds. The van der Waals surface area contributed by atoms with E-state index in [4.69, 9.17) is 23.2 Å². The van der Waals surface area contributed by atoms with E-state index in [1.807, 2.05) is 44.2 Å². The van der Waals surface area contributed by atoms with E-state index in [9.17, 15) is 4.79 Å². The average Bonchev–Trinajstić information content (AvgIpc) is 2.45. The van der Waals surface area contributed by atoms with Crippen molar-refractivity contribution in [1.29, 1.82) is 0 Å². The molecule has 3 nitrogen and oxygen atoms in total. The van der Waals surface area contributed by atoms with Crippen LogP contribution < -0.4 is 10.6 Å². The number of aryl methyl sites for hydroxylation is 1. The number of benzene rings is 2. The second-order valence-electron chi connectivity index (χ2n) is 5.19. The number of rotatable bonds is 5. The predicted molar refractivity (Wildman–Crippen MR) is 92.7 cm³/mol. The lowest BCUT2D eigenvalue weighted by atomic mass is 10.1. The summed E-state index contributed by atoms with van der Waals surface area (Å²) >= 11 is 12.0. The molecule has 0 spiro atoms. The molecule has 1 atom stereocenters. The third-order valence-electron chi connectivity index (χ3n) is 3.30. The number of hydrogen-bond donors (Lipinski definition) is 2. The zero-order valence-corrected chi connectivity index (χ0v) is 14.0. The van der Waals surface area contributed by atoms with Crippen molar-refractivity contribution < 1.29 is 4.79 Å². The SMILES string of the molecule is Cc1cccc(NC(=O)CN[C@H](C)c2ccc(Cl)cc2Cl)c1. The van der Waals surface area contributed by atoms with Crippen LogP contribution in [0.2, 0.25) is 10.0 Å². The first-order valence-corrected chi connectivity index (χ1v) is 7.76. The maximum atomic E-state index is 12.0. The lowest BCUT2D eigenvalue weighted by molar-refractivity contribution is -0.115. The van der Waals surface area contributed by atoms with Gasteiger partial charge in [-0.05, 0) is 49.2 Å². The molecule has 2 N–H and O–H groups in total. The predicted octanol–water partition coefficient (Wildman–Crippen LogP) is 4.59. The Bertz CT molecular complexity index is 673.